The van der Waals surface area contributed by atoms with Gasteiger partial charge in [0.1, 0.15) is 0 Å². The summed E-state index contributed by atoms with van der Waals surface area (Å²) in [5, 5.41) is 4.94. The molecule has 3 rings (SSSR count). The molecule has 1 heterocycles. The minimum atomic E-state index is 0.593. The third-order valence-corrected chi connectivity index (χ3v) is 4.41. The van der Waals surface area contributed by atoms with E-state index in [0.717, 1.165) is 26.8 Å². The SMILES string of the molecule is Nc1cnc2ccccc2c1Nc1cccc(Cl)c1Br. The number of nitrogens with two attached hydrogens (primary N) is 1. The number of fused-ring (bicyclic) bond motifs is 1. The molecule has 0 saturated heterocycles. The number of halogens is 2. The fraction of sp³-hybridized carbons (Fsp3) is 0. The van der Waals surface area contributed by atoms with Crippen molar-refractivity contribution in [3.8, 4) is 0 Å². The van der Waals surface area contributed by atoms with Crippen molar-refractivity contribution in [2.75, 3.05) is 11.1 Å². The number of benzene rings is 2. The summed E-state index contributed by atoms with van der Waals surface area (Å²) in [6.45, 7) is 0. The molecule has 3 aromatic rings. The van der Waals surface area contributed by atoms with Gasteiger partial charge in [0.05, 0.1) is 38.3 Å². The van der Waals surface area contributed by atoms with Crippen molar-refractivity contribution >= 4 is 55.5 Å². The van der Waals surface area contributed by atoms with Gasteiger partial charge in [0.2, 0.25) is 0 Å². The summed E-state index contributed by atoms with van der Waals surface area (Å²) in [5.41, 5.74) is 9.23. The first-order valence-electron chi connectivity index (χ1n) is 6.01. The van der Waals surface area contributed by atoms with E-state index in [9.17, 15) is 0 Å². The number of nitrogens with zero attached hydrogens (tertiary/aromatic N) is 1. The van der Waals surface area contributed by atoms with Gasteiger partial charge in [0.15, 0.2) is 0 Å². The summed E-state index contributed by atoms with van der Waals surface area (Å²) in [5.74, 6) is 0. The molecule has 0 bridgehead atoms. The van der Waals surface area contributed by atoms with Gasteiger partial charge in [0, 0.05) is 5.39 Å². The predicted molar refractivity (Wildman–Crippen MR) is 88.6 cm³/mol. The smallest absolute Gasteiger partial charge is 0.0746 e. The molecule has 0 spiro atoms. The zero-order valence-corrected chi connectivity index (χ0v) is 12.7. The number of hydrogen-bond donors (Lipinski definition) is 2. The number of anilines is 3. The Bertz CT molecular complexity index is 789. The van der Waals surface area contributed by atoms with Crippen molar-refractivity contribution in [2.24, 2.45) is 0 Å². The molecule has 3 nitrogen and oxygen atoms in total. The van der Waals surface area contributed by atoms with E-state index in [4.69, 9.17) is 17.3 Å². The molecular weight excluding hydrogens is 338 g/mol. The predicted octanol–water partition coefficient (Wildman–Crippen LogP) is 4.98. The summed E-state index contributed by atoms with van der Waals surface area (Å²) in [7, 11) is 0. The molecule has 100 valence electrons. The number of hydrogen-bond acceptors (Lipinski definition) is 3. The number of nitrogens with one attached hydrogen (secondary N) is 1. The number of pyridine rings is 1. The summed E-state index contributed by atoms with van der Waals surface area (Å²) in [6, 6.07) is 13.5. The maximum Gasteiger partial charge on any atom is 0.0746 e. The van der Waals surface area contributed by atoms with E-state index in [2.05, 4.69) is 26.2 Å². The van der Waals surface area contributed by atoms with Gasteiger partial charge in [-0.05, 0) is 34.1 Å². The molecular formula is C15H11BrClN3. The Hall–Kier alpha value is -1.78. The summed E-state index contributed by atoms with van der Waals surface area (Å²) in [4.78, 5) is 4.32. The molecule has 20 heavy (non-hydrogen) atoms. The van der Waals surface area contributed by atoms with E-state index in [1.165, 1.54) is 0 Å². The molecule has 0 saturated carbocycles. The van der Waals surface area contributed by atoms with E-state index in [1.54, 1.807) is 6.20 Å². The number of rotatable bonds is 2. The van der Waals surface area contributed by atoms with Crippen molar-refractivity contribution in [1.29, 1.82) is 0 Å². The number of para-hydroxylation sites is 1. The highest BCUT2D eigenvalue weighted by Gasteiger charge is 2.09. The molecule has 0 aliphatic heterocycles. The van der Waals surface area contributed by atoms with E-state index in [0.29, 0.717) is 10.7 Å². The zero-order valence-electron chi connectivity index (χ0n) is 10.4. The van der Waals surface area contributed by atoms with Crippen LogP contribution in [0.5, 0.6) is 0 Å². The van der Waals surface area contributed by atoms with Crippen LogP contribution in [0.4, 0.5) is 17.1 Å². The van der Waals surface area contributed by atoms with Crippen LogP contribution in [0.2, 0.25) is 5.02 Å². The van der Waals surface area contributed by atoms with Gasteiger partial charge in [-0.25, -0.2) is 0 Å². The average Bonchev–Trinajstić information content (AvgIpc) is 2.46. The number of aromatic nitrogens is 1. The molecule has 0 aliphatic rings. The lowest BCUT2D eigenvalue weighted by Crippen LogP contribution is -1.99. The molecule has 1 aromatic heterocycles. The topological polar surface area (TPSA) is 50.9 Å². The van der Waals surface area contributed by atoms with E-state index < -0.39 is 0 Å². The van der Waals surface area contributed by atoms with Crippen molar-refractivity contribution in [3.05, 3.63) is 58.2 Å². The minimum absolute atomic E-state index is 0.593. The van der Waals surface area contributed by atoms with Crippen LogP contribution in [0, 0.1) is 0 Å². The quantitative estimate of drug-likeness (QED) is 0.687. The summed E-state index contributed by atoms with van der Waals surface area (Å²) < 4.78 is 0.807. The van der Waals surface area contributed by atoms with E-state index >= 15 is 0 Å². The normalized spacial score (nSPS) is 10.7. The molecule has 0 unspecified atom stereocenters. The molecule has 0 radical (unpaired) electrons. The third-order valence-electron chi connectivity index (χ3n) is 3.02. The van der Waals surface area contributed by atoms with Gasteiger partial charge in [-0.3, -0.25) is 4.98 Å². The molecule has 0 amide bonds. The Morgan fingerprint density at radius 3 is 2.75 bits per heavy atom. The van der Waals surface area contributed by atoms with Gasteiger partial charge in [-0.15, -0.1) is 0 Å². The maximum atomic E-state index is 6.11. The second kappa shape index (κ2) is 5.31. The van der Waals surface area contributed by atoms with Crippen molar-refractivity contribution in [2.45, 2.75) is 0 Å². The van der Waals surface area contributed by atoms with Crippen molar-refractivity contribution in [3.63, 3.8) is 0 Å². The van der Waals surface area contributed by atoms with Crippen LogP contribution < -0.4 is 11.1 Å². The molecule has 3 N–H and O–H groups in total. The molecule has 0 aliphatic carbocycles. The molecule has 0 atom stereocenters. The van der Waals surface area contributed by atoms with Crippen LogP contribution in [-0.2, 0) is 0 Å². The molecule has 5 heteroatoms. The fourth-order valence-electron chi connectivity index (χ4n) is 2.03. The number of nitrogen functional groups attached to an aromatic ring is 1. The lowest BCUT2D eigenvalue weighted by Gasteiger charge is -2.14. The summed E-state index contributed by atoms with van der Waals surface area (Å²) >= 11 is 9.58. The highest BCUT2D eigenvalue weighted by Crippen LogP contribution is 2.36. The molecule has 0 fully saturated rings. The lowest BCUT2D eigenvalue weighted by molar-refractivity contribution is 1.40. The highest BCUT2D eigenvalue weighted by atomic mass is 79.9. The second-order valence-corrected chi connectivity index (χ2v) is 5.53. The van der Waals surface area contributed by atoms with Crippen molar-refractivity contribution in [1.82, 2.24) is 4.98 Å². The third kappa shape index (κ3) is 2.32. The van der Waals surface area contributed by atoms with E-state index in [1.807, 2.05) is 42.5 Å². The van der Waals surface area contributed by atoms with E-state index in [-0.39, 0.29) is 0 Å². The Kier molecular flexibility index (Phi) is 3.51. The van der Waals surface area contributed by atoms with Crippen LogP contribution in [0.15, 0.2) is 53.1 Å². The van der Waals surface area contributed by atoms with Crippen molar-refractivity contribution < 1.29 is 0 Å². The zero-order chi connectivity index (χ0) is 14.1. The average molecular weight is 349 g/mol. The Morgan fingerprint density at radius 1 is 1.10 bits per heavy atom. The van der Waals surface area contributed by atoms with Gasteiger partial charge in [0.25, 0.3) is 0 Å². The standard InChI is InChI=1S/C15H11BrClN3/c16-14-10(17)5-3-7-13(14)20-15-9-4-1-2-6-12(9)19-8-11(15)18/h1-8H,18H2,(H,19,20). The highest BCUT2D eigenvalue weighted by molar-refractivity contribution is 9.10. The van der Waals surface area contributed by atoms with Crippen LogP contribution in [-0.4, -0.2) is 4.98 Å². The first-order chi connectivity index (χ1) is 9.66. The Balaban J connectivity index is 2.15. The Labute approximate surface area is 129 Å². The minimum Gasteiger partial charge on any atom is -0.396 e. The maximum absolute atomic E-state index is 6.11. The van der Waals surface area contributed by atoms with Crippen LogP contribution in [0.1, 0.15) is 0 Å². The molecule has 2 aromatic carbocycles. The second-order valence-electron chi connectivity index (χ2n) is 4.33. The van der Waals surface area contributed by atoms with Crippen LogP contribution in [0.25, 0.3) is 10.9 Å². The van der Waals surface area contributed by atoms with Gasteiger partial charge in [-0.1, -0.05) is 35.9 Å². The van der Waals surface area contributed by atoms with Crippen LogP contribution >= 0.6 is 27.5 Å². The summed E-state index contributed by atoms with van der Waals surface area (Å²) in [6.07, 6.45) is 1.66. The monoisotopic (exact) mass is 347 g/mol. The first-order valence-corrected chi connectivity index (χ1v) is 7.18. The Morgan fingerprint density at radius 2 is 1.90 bits per heavy atom. The van der Waals surface area contributed by atoms with Crippen LogP contribution in [0.3, 0.4) is 0 Å². The lowest BCUT2D eigenvalue weighted by atomic mass is 10.1. The largest absolute Gasteiger partial charge is 0.396 e. The fourth-order valence-corrected chi connectivity index (χ4v) is 2.57. The van der Waals surface area contributed by atoms with Gasteiger partial charge in [-0.2, -0.15) is 0 Å². The first kappa shape index (κ1) is 13.2. The van der Waals surface area contributed by atoms with Gasteiger partial charge >= 0.3 is 0 Å². The van der Waals surface area contributed by atoms with Gasteiger partial charge < -0.3 is 11.1 Å².